The number of halogens is 1. The first-order valence-corrected chi connectivity index (χ1v) is 8.29. The number of hydrogen-bond acceptors (Lipinski definition) is 5. The van der Waals surface area contributed by atoms with E-state index in [1.54, 1.807) is 6.20 Å². The molecule has 7 nitrogen and oxygen atoms in total. The summed E-state index contributed by atoms with van der Waals surface area (Å²) in [5.74, 6) is 0.192. The molecule has 140 valence electrons. The largest absolute Gasteiger partial charge is 0.497 e. The van der Waals surface area contributed by atoms with Gasteiger partial charge in [0.25, 0.3) is 0 Å². The SMILES string of the molecule is COc1cc(F)c([N+](=O)[O-])c(NCc2cccc(Cn3ccnc3C)c2)c1. The number of imidazole rings is 1. The Morgan fingerprint density at radius 3 is 2.74 bits per heavy atom. The van der Waals surface area contributed by atoms with E-state index in [9.17, 15) is 14.5 Å². The number of nitro benzene ring substituents is 1. The number of aromatic nitrogens is 2. The third-order valence-electron chi connectivity index (χ3n) is 4.21. The predicted molar refractivity (Wildman–Crippen MR) is 99.4 cm³/mol. The lowest BCUT2D eigenvalue weighted by Gasteiger charge is -2.11. The van der Waals surface area contributed by atoms with Gasteiger partial charge in [0.05, 0.1) is 12.0 Å². The minimum Gasteiger partial charge on any atom is -0.497 e. The zero-order valence-electron chi connectivity index (χ0n) is 15.0. The Bertz CT molecular complexity index is 971. The first-order chi connectivity index (χ1) is 13.0. The van der Waals surface area contributed by atoms with Crippen LogP contribution in [0.2, 0.25) is 0 Å². The van der Waals surface area contributed by atoms with Crippen molar-refractivity contribution < 1.29 is 14.1 Å². The van der Waals surface area contributed by atoms with Crippen molar-refractivity contribution in [1.82, 2.24) is 9.55 Å². The van der Waals surface area contributed by atoms with E-state index < -0.39 is 16.4 Å². The fraction of sp³-hybridized carbons (Fsp3) is 0.211. The van der Waals surface area contributed by atoms with E-state index in [0.29, 0.717) is 13.1 Å². The van der Waals surface area contributed by atoms with E-state index in [1.165, 1.54) is 13.2 Å². The minimum atomic E-state index is -0.939. The molecule has 1 N–H and O–H groups in total. The summed E-state index contributed by atoms with van der Waals surface area (Å²) in [6.07, 6.45) is 3.65. The molecule has 3 aromatic rings. The number of anilines is 1. The number of benzene rings is 2. The van der Waals surface area contributed by atoms with Gasteiger partial charge in [-0.3, -0.25) is 10.1 Å². The van der Waals surface area contributed by atoms with E-state index in [1.807, 2.05) is 42.0 Å². The van der Waals surface area contributed by atoms with Crippen molar-refractivity contribution in [3.63, 3.8) is 0 Å². The Morgan fingerprint density at radius 1 is 1.30 bits per heavy atom. The van der Waals surface area contributed by atoms with Gasteiger partial charge in [0.15, 0.2) is 0 Å². The first-order valence-electron chi connectivity index (χ1n) is 8.29. The van der Waals surface area contributed by atoms with Crippen molar-refractivity contribution in [2.24, 2.45) is 0 Å². The number of nitrogens with zero attached hydrogens (tertiary/aromatic N) is 3. The van der Waals surface area contributed by atoms with Crippen LogP contribution < -0.4 is 10.1 Å². The second-order valence-corrected chi connectivity index (χ2v) is 6.04. The van der Waals surface area contributed by atoms with Gasteiger partial charge >= 0.3 is 5.69 Å². The molecule has 8 heteroatoms. The highest BCUT2D eigenvalue weighted by Gasteiger charge is 2.22. The molecular formula is C19H19FN4O3. The van der Waals surface area contributed by atoms with Gasteiger partial charge in [0.1, 0.15) is 17.3 Å². The van der Waals surface area contributed by atoms with Gasteiger partial charge in [-0.05, 0) is 18.1 Å². The van der Waals surface area contributed by atoms with Crippen LogP contribution in [0.15, 0.2) is 48.8 Å². The molecule has 27 heavy (non-hydrogen) atoms. The van der Waals surface area contributed by atoms with Crippen LogP contribution in [-0.2, 0) is 13.1 Å². The number of hydrogen-bond donors (Lipinski definition) is 1. The summed E-state index contributed by atoms with van der Waals surface area (Å²) in [4.78, 5) is 14.7. The summed E-state index contributed by atoms with van der Waals surface area (Å²) in [6.45, 7) is 2.92. The number of aryl methyl sites for hydroxylation is 1. The zero-order valence-corrected chi connectivity index (χ0v) is 15.0. The second kappa shape index (κ2) is 7.86. The molecule has 1 aromatic heterocycles. The van der Waals surface area contributed by atoms with Crippen LogP contribution in [0.4, 0.5) is 15.8 Å². The van der Waals surface area contributed by atoms with Crippen molar-refractivity contribution in [3.05, 3.63) is 81.7 Å². The van der Waals surface area contributed by atoms with Crippen LogP contribution in [0.25, 0.3) is 0 Å². The minimum absolute atomic E-state index is 0.0766. The first kappa shape index (κ1) is 18.4. The maximum Gasteiger partial charge on any atom is 0.327 e. The fourth-order valence-electron chi connectivity index (χ4n) is 2.82. The highest BCUT2D eigenvalue weighted by atomic mass is 19.1. The third-order valence-corrected chi connectivity index (χ3v) is 4.21. The average molecular weight is 370 g/mol. The van der Waals surface area contributed by atoms with Crippen molar-refractivity contribution >= 4 is 11.4 Å². The third kappa shape index (κ3) is 4.22. The number of ether oxygens (including phenoxy) is 1. The maximum absolute atomic E-state index is 14.0. The molecule has 0 saturated heterocycles. The van der Waals surface area contributed by atoms with Gasteiger partial charge in [-0.2, -0.15) is 4.39 Å². The predicted octanol–water partition coefficient (Wildman–Crippen LogP) is 3.91. The maximum atomic E-state index is 14.0. The van der Waals surface area contributed by atoms with Crippen LogP contribution in [0, 0.1) is 22.9 Å². The topological polar surface area (TPSA) is 82.2 Å². The van der Waals surface area contributed by atoms with Gasteiger partial charge in [-0.15, -0.1) is 0 Å². The highest BCUT2D eigenvalue weighted by molar-refractivity contribution is 5.65. The molecule has 0 atom stereocenters. The van der Waals surface area contributed by atoms with Crippen molar-refractivity contribution in [2.45, 2.75) is 20.0 Å². The molecule has 0 radical (unpaired) electrons. The molecule has 1 heterocycles. The lowest BCUT2D eigenvalue weighted by atomic mass is 10.1. The molecule has 0 bridgehead atoms. The molecule has 0 aliphatic carbocycles. The Kier molecular flexibility index (Phi) is 5.35. The van der Waals surface area contributed by atoms with Crippen LogP contribution >= 0.6 is 0 Å². The lowest BCUT2D eigenvalue weighted by molar-refractivity contribution is -0.386. The number of nitro groups is 1. The van der Waals surface area contributed by atoms with E-state index in [2.05, 4.69) is 10.3 Å². The molecule has 0 aliphatic heterocycles. The Balaban J connectivity index is 1.79. The summed E-state index contributed by atoms with van der Waals surface area (Å²) in [7, 11) is 1.38. The van der Waals surface area contributed by atoms with Gasteiger partial charge in [0.2, 0.25) is 5.82 Å². The molecule has 0 aliphatic rings. The van der Waals surface area contributed by atoms with Crippen LogP contribution in [0.1, 0.15) is 17.0 Å². The van der Waals surface area contributed by atoms with Crippen LogP contribution in [-0.4, -0.2) is 21.6 Å². The smallest absolute Gasteiger partial charge is 0.327 e. The summed E-state index contributed by atoms with van der Waals surface area (Å²) >= 11 is 0. The van der Waals surface area contributed by atoms with E-state index in [-0.39, 0.29) is 11.4 Å². The molecule has 0 saturated carbocycles. The summed E-state index contributed by atoms with van der Waals surface area (Å²) in [5.41, 5.74) is 1.47. The van der Waals surface area contributed by atoms with Gasteiger partial charge in [-0.1, -0.05) is 24.3 Å². The Hall–Kier alpha value is -3.42. The summed E-state index contributed by atoms with van der Waals surface area (Å²) in [5, 5.41) is 14.1. The van der Waals surface area contributed by atoms with E-state index >= 15 is 0 Å². The molecule has 0 amide bonds. The standard InChI is InChI=1S/C19H19FN4O3/c1-13-21-6-7-23(13)12-15-5-3-4-14(8-15)11-22-18-10-16(27-2)9-17(20)19(18)24(25)26/h3-10,22H,11-12H2,1-2H3. The summed E-state index contributed by atoms with van der Waals surface area (Å²) in [6, 6.07) is 10.2. The quantitative estimate of drug-likeness (QED) is 0.504. The molecule has 2 aromatic carbocycles. The van der Waals surface area contributed by atoms with Gasteiger partial charge < -0.3 is 14.6 Å². The zero-order chi connectivity index (χ0) is 19.4. The van der Waals surface area contributed by atoms with Crippen molar-refractivity contribution in [2.75, 3.05) is 12.4 Å². The Morgan fingerprint density at radius 2 is 2.07 bits per heavy atom. The van der Waals surface area contributed by atoms with Crippen LogP contribution in [0.5, 0.6) is 5.75 Å². The molecule has 0 fully saturated rings. The van der Waals surface area contributed by atoms with E-state index in [0.717, 1.165) is 23.0 Å². The second-order valence-electron chi connectivity index (χ2n) is 6.04. The summed E-state index contributed by atoms with van der Waals surface area (Å²) < 4.78 is 21.0. The number of rotatable bonds is 7. The average Bonchev–Trinajstić information content (AvgIpc) is 3.04. The normalized spacial score (nSPS) is 10.6. The Labute approximate surface area is 155 Å². The number of nitrogens with one attached hydrogen (secondary N) is 1. The number of methoxy groups -OCH3 is 1. The lowest BCUT2D eigenvalue weighted by Crippen LogP contribution is -2.06. The molecular weight excluding hydrogens is 351 g/mol. The van der Waals surface area contributed by atoms with Crippen molar-refractivity contribution in [3.8, 4) is 5.75 Å². The van der Waals surface area contributed by atoms with E-state index in [4.69, 9.17) is 4.74 Å². The van der Waals surface area contributed by atoms with Crippen LogP contribution in [0.3, 0.4) is 0 Å². The fourth-order valence-corrected chi connectivity index (χ4v) is 2.82. The highest BCUT2D eigenvalue weighted by Crippen LogP contribution is 2.32. The monoisotopic (exact) mass is 370 g/mol. The van der Waals surface area contributed by atoms with Gasteiger partial charge in [-0.25, -0.2) is 4.98 Å². The van der Waals surface area contributed by atoms with Crippen molar-refractivity contribution in [1.29, 1.82) is 0 Å². The molecule has 0 spiro atoms. The van der Waals surface area contributed by atoms with Gasteiger partial charge in [0, 0.05) is 37.6 Å². The molecule has 3 rings (SSSR count). The molecule has 0 unspecified atom stereocenters.